The van der Waals surface area contributed by atoms with Gasteiger partial charge in [-0.05, 0) is 19.1 Å². The number of rotatable bonds is 5. The van der Waals surface area contributed by atoms with Crippen LogP contribution in [0.15, 0.2) is 12.1 Å². The molecule has 0 saturated carbocycles. The predicted molar refractivity (Wildman–Crippen MR) is 63.8 cm³/mol. The van der Waals surface area contributed by atoms with Gasteiger partial charge in [-0.1, -0.05) is 0 Å². The summed E-state index contributed by atoms with van der Waals surface area (Å²) in [6.45, 7) is 2.01. The molecule has 0 unspecified atom stereocenters. The number of hydrogen-bond acceptors (Lipinski definition) is 4. The summed E-state index contributed by atoms with van der Waals surface area (Å²) >= 11 is 0. The molecule has 1 aromatic rings. The number of aromatic nitrogens is 1. The minimum Gasteiger partial charge on any atom is -0.476 e. The molecule has 0 amide bonds. The van der Waals surface area contributed by atoms with Crippen LogP contribution in [-0.4, -0.2) is 31.4 Å². The molecule has 0 fully saturated rings. The van der Waals surface area contributed by atoms with E-state index in [1.54, 1.807) is 26.1 Å². The van der Waals surface area contributed by atoms with Gasteiger partial charge in [-0.15, -0.1) is 0 Å². The molecule has 1 aromatic heterocycles. The standard InChI is InChI=1S/C11H16F3N3O/c1-3-18-10-8(15)4-5-9(16-10)17(2)7-6-11(12,13)14/h4-5H,3,6-7,15H2,1-2H3. The fraction of sp³-hybridized carbons (Fsp3) is 0.545. The summed E-state index contributed by atoms with van der Waals surface area (Å²) in [6, 6.07) is 3.13. The second kappa shape index (κ2) is 5.79. The number of hydrogen-bond donors (Lipinski definition) is 1. The molecular weight excluding hydrogens is 247 g/mol. The van der Waals surface area contributed by atoms with Crippen LogP contribution >= 0.6 is 0 Å². The fourth-order valence-electron chi connectivity index (χ4n) is 1.32. The monoisotopic (exact) mass is 263 g/mol. The molecule has 7 heteroatoms. The Balaban J connectivity index is 2.73. The molecule has 0 atom stereocenters. The number of ether oxygens (including phenoxy) is 1. The molecule has 18 heavy (non-hydrogen) atoms. The first kappa shape index (κ1) is 14.4. The van der Waals surface area contributed by atoms with Crippen molar-refractivity contribution < 1.29 is 17.9 Å². The Morgan fingerprint density at radius 2 is 2.06 bits per heavy atom. The first-order valence-corrected chi connectivity index (χ1v) is 5.50. The number of nitrogen functional groups attached to an aromatic ring is 1. The van der Waals surface area contributed by atoms with E-state index >= 15 is 0 Å². The summed E-state index contributed by atoms with van der Waals surface area (Å²) in [7, 11) is 1.54. The number of pyridine rings is 1. The van der Waals surface area contributed by atoms with Gasteiger partial charge >= 0.3 is 6.18 Å². The van der Waals surface area contributed by atoms with Gasteiger partial charge < -0.3 is 15.4 Å². The van der Waals surface area contributed by atoms with Gasteiger partial charge in [0.15, 0.2) is 0 Å². The van der Waals surface area contributed by atoms with Crippen LogP contribution in [0.25, 0.3) is 0 Å². The highest BCUT2D eigenvalue weighted by Crippen LogP contribution is 2.24. The zero-order chi connectivity index (χ0) is 13.8. The molecule has 4 nitrogen and oxygen atoms in total. The average molecular weight is 263 g/mol. The number of nitrogens with zero attached hydrogens (tertiary/aromatic N) is 2. The number of anilines is 2. The van der Waals surface area contributed by atoms with Crippen LogP contribution < -0.4 is 15.4 Å². The Bertz CT molecular complexity index is 396. The average Bonchev–Trinajstić information content (AvgIpc) is 2.28. The fourth-order valence-corrected chi connectivity index (χ4v) is 1.32. The molecule has 2 N–H and O–H groups in total. The van der Waals surface area contributed by atoms with Crippen molar-refractivity contribution in [2.75, 3.05) is 30.8 Å². The van der Waals surface area contributed by atoms with Gasteiger partial charge in [0.1, 0.15) is 5.82 Å². The first-order valence-electron chi connectivity index (χ1n) is 5.50. The first-order chi connectivity index (χ1) is 8.33. The lowest BCUT2D eigenvalue weighted by Crippen LogP contribution is -2.24. The third-order valence-corrected chi connectivity index (χ3v) is 2.28. The summed E-state index contributed by atoms with van der Waals surface area (Å²) < 4.78 is 41.5. The summed E-state index contributed by atoms with van der Waals surface area (Å²) in [5.41, 5.74) is 6.00. The van der Waals surface area contributed by atoms with E-state index in [9.17, 15) is 13.2 Å². The highest BCUT2D eigenvalue weighted by Gasteiger charge is 2.27. The van der Waals surface area contributed by atoms with Crippen LogP contribution in [0, 0.1) is 0 Å². The van der Waals surface area contributed by atoms with E-state index in [4.69, 9.17) is 10.5 Å². The van der Waals surface area contributed by atoms with Gasteiger partial charge in [-0.25, -0.2) is 0 Å². The van der Waals surface area contributed by atoms with Crippen LogP contribution in [-0.2, 0) is 0 Å². The molecular formula is C11H16F3N3O. The lowest BCUT2D eigenvalue weighted by Gasteiger charge is -2.20. The van der Waals surface area contributed by atoms with Crippen molar-refractivity contribution in [2.24, 2.45) is 0 Å². The van der Waals surface area contributed by atoms with E-state index in [0.29, 0.717) is 18.1 Å². The second-order valence-electron chi connectivity index (χ2n) is 3.78. The van der Waals surface area contributed by atoms with Crippen molar-refractivity contribution in [3.63, 3.8) is 0 Å². The van der Waals surface area contributed by atoms with Crippen molar-refractivity contribution in [1.29, 1.82) is 0 Å². The maximum absolute atomic E-state index is 12.1. The van der Waals surface area contributed by atoms with Crippen molar-refractivity contribution in [2.45, 2.75) is 19.5 Å². The third-order valence-electron chi connectivity index (χ3n) is 2.28. The highest BCUT2D eigenvalue weighted by atomic mass is 19.4. The van der Waals surface area contributed by atoms with Crippen molar-refractivity contribution in [1.82, 2.24) is 4.98 Å². The van der Waals surface area contributed by atoms with Gasteiger partial charge in [0.2, 0.25) is 5.88 Å². The molecule has 0 spiro atoms. The lowest BCUT2D eigenvalue weighted by atomic mass is 10.3. The quantitative estimate of drug-likeness (QED) is 0.886. The van der Waals surface area contributed by atoms with Gasteiger partial charge in [0.05, 0.1) is 18.7 Å². The largest absolute Gasteiger partial charge is 0.476 e. The van der Waals surface area contributed by atoms with Gasteiger partial charge in [-0.2, -0.15) is 18.2 Å². The van der Waals surface area contributed by atoms with E-state index in [1.807, 2.05) is 0 Å². The van der Waals surface area contributed by atoms with Gasteiger partial charge in [-0.3, -0.25) is 0 Å². The molecule has 0 radical (unpaired) electrons. The molecule has 0 aromatic carbocycles. The lowest BCUT2D eigenvalue weighted by molar-refractivity contribution is -0.132. The SMILES string of the molecule is CCOc1nc(N(C)CCC(F)(F)F)ccc1N. The number of alkyl halides is 3. The maximum atomic E-state index is 12.1. The Morgan fingerprint density at radius 3 is 2.61 bits per heavy atom. The van der Waals surface area contributed by atoms with Crippen LogP contribution in [0.1, 0.15) is 13.3 Å². The minimum absolute atomic E-state index is 0.161. The van der Waals surface area contributed by atoms with E-state index in [-0.39, 0.29) is 12.4 Å². The summed E-state index contributed by atoms with van der Waals surface area (Å²) in [6.07, 6.45) is -5.07. The number of halogens is 3. The van der Waals surface area contributed by atoms with Crippen LogP contribution in [0.2, 0.25) is 0 Å². The molecule has 0 bridgehead atoms. The molecule has 102 valence electrons. The zero-order valence-electron chi connectivity index (χ0n) is 10.3. The molecule has 0 aliphatic carbocycles. The summed E-state index contributed by atoms with van der Waals surface area (Å²) in [5.74, 6) is 0.644. The van der Waals surface area contributed by atoms with Crippen LogP contribution in [0.4, 0.5) is 24.7 Å². The second-order valence-corrected chi connectivity index (χ2v) is 3.78. The summed E-state index contributed by atoms with van der Waals surface area (Å²) in [4.78, 5) is 5.49. The normalized spacial score (nSPS) is 11.4. The van der Waals surface area contributed by atoms with E-state index in [1.165, 1.54) is 4.90 Å². The molecule has 0 aliphatic rings. The van der Waals surface area contributed by atoms with Gasteiger partial charge in [0.25, 0.3) is 0 Å². The van der Waals surface area contributed by atoms with Gasteiger partial charge in [0, 0.05) is 13.6 Å². The highest BCUT2D eigenvalue weighted by molar-refractivity contribution is 5.54. The molecule has 0 aliphatic heterocycles. The van der Waals surface area contributed by atoms with Crippen LogP contribution in [0.3, 0.4) is 0 Å². The van der Waals surface area contributed by atoms with Crippen LogP contribution in [0.5, 0.6) is 5.88 Å². The Kier molecular flexibility index (Phi) is 4.63. The predicted octanol–water partition coefficient (Wildman–Crippen LogP) is 2.45. The Morgan fingerprint density at radius 1 is 1.39 bits per heavy atom. The maximum Gasteiger partial charge on any atom is 0.390 e. The zero-order valence-corrected chi connectivity index (χ0v) is 10.3. The Hall–Kier alpha value is -1.66. The van der Waals surface area contributed by atoms with E-state index in [0.717, 1.165) is 0 Å². The van der Waals surface area contributed by atoms with Crippen molar-refractivity contribution >= 4 is 11.5 Å². The topological polar surface area (TPSA) is 51.4 Å². The molecule has 1 heterocycles. The van der Waals surface area contributed by atoms with Crippen molar-refractivity contribution in [3.8, 4) is 5.88 Å². The number of nitrogens with two attached hydrogens (primary N) is 1. The molecule has 0 saturated heterocycles. The summed E-state index contributed by atoms with van der Waals surface area (Å²) in [5, 5.41) is 0. The minimum atomic E-state index is -4.18. The third kappa shape index (κ3) is 4.31. The van der Waals surface area contributed by atoms with E-state index in [2.05, 4.69) is 4.98 Å². The molecule has 1 rings (SSSR count). The Labute approximate surface area is 104 Å². The van der Waals surface area contributed by atoms with E-state index < -0.39 is 12.6 Å². The smallest absolute Gasteiger partial charge is 0.390 e. The van der Waals surface area contributed by atoms with Crippen molar-refractivity contribution in [3.05, 3.63) is 12.1 Å².